The third-order valence-corrected chi connectivity index (χ3v) is 5.87. The maximum absolute atomic E-state index is 5.66. The fraction of sp³-hybridized carbons (Fsp3) is 0.435. The summed E-state index contributed by atoms with van der Waals surface area (Å²) >= 11 is 0. The third kappa shape index (κ3) is 4.46. The Balaban J connectivity index is 1.42. The second kappa shape index (κ2) is 9.26. The maximum Gasteiger partial charge on any atom is 0.231 e. The fourth-order valence-electron chi connectivity index (χ4n) is 3.96. The normalized spacial score (nSPS) is 17.5. The standard InChI is InChI=1S/C23H29N3O4/c1-24-22(25-14-17-3-6-19(27-2)7-4-17)26-15-23(9-11-28-12-10-23)18-5-8-20-21(13-18)30-16-29-20/h3-8,13H,9-12,14-16H2,1-2H3,(H2,24,25,26). The van der Waals surface area contributed by atoms with Crippen molar-refractivity contribution in [1.29, 1.82) is 0 Å². The maximum atomic E-state index is 5.66. The van der Waals surface area contributed by atoms with Crippen LogP contribution in [0.4, 0.5) is 0 Å². The van der Waals surface area contributed by atoms with Crippen LogP contribution < -0.4 is 24.8 Å². The van der Waals surface area contributed by atoms with E-state index in [-0.39, 0.29) is 12.2 Å². The van der Waals surface area contributed by atoms with E-state index in [0.29, 0.717) is 6.54 Å². The Kier molecular flexibility index (Phi) is 6.28. The molecule has 0 saturated carbocycles. The van der Waals surface area contributed by atoms with E-state index in [9.17, 15) is 0 Å². The molecule has 0 unspecified atom stereocenters. The van der Waals surface area contributed by atoms with Gasteiger partial charge in [-0.3, -0.25) is 4.99 Å². The van der Waals surface area contributed by atoms with Gasteiger partial charge in [-0.25, -0.2) is 0 Å². The smallest absolute Gasteiger partial charge is 0.231 e. The molecule has 7 heteroatoms. The van der Waals surface area contributed by atoms with Gasteiger partial charge in [0.05, 0.1) is 7.11 Å². The lowest BCUT2D eigenvalue weighted by atomic mass is 9.74. The van der Waals surface area contributed by atoms with E-state index in [4.69, 9.17) is 18.9 Å². The van der Waals surface area contributed by atoms with Gasteiger partial charge in [0.1, 0.15) is 5.75 Å². The number of benzene rings is 2. The molecule has 1 saturated heterocycles. The Labute approximate surface area is 177 Å². The summed E-state index contributed by atoms with van der Waals surface area (Å²) in [5.74, 6) is 3.26. The van der Waals surface area contributed by atoms with Crippen molar-refractivity contribution in [2.75, 3.05) is 40.7 Å². The molecule has 0 amide bonds. The molecular formula is C23H29N3O4. The van der Waals surface area contributed by atoms with Crippen molar-refractivity contribution in [2.45, 2.75) is 24.8 Å². The van der Waals surface area contributed by atoms with E-state index in [1.54, 1.807) is 14.2 Å². The zero-order chi connectivity index (χ0) is 20.8. The molecule has 0 aliphatic carbocycles. The molecule has 2 aliphatic rings. The number of aliphatic imine (C=N–C) groups is 1. The van der Waals surface area contributed by atoms with Gasteiger partial charge >= 0.3 is 0 Å². The van der Waals surface area contributed by atoms with Gasteiger partial charge in [-0.1, -0.05) is 18.2 Å². The molecule has 2 aromatic carbocycles. The zero-order valence-corrected chi connectivity index (χ0v) is 17.6. The van der Waals surface area contributed by atoms with Crippen molar-refractivity contribution in [3.63, 3.8) is 0 Å². The van der Waals surface area contributed by atoms with Gasteiger partial charge in [0.25, 0.3) is 0 Å². The Hall–Kier alpha value is -2.93. The van der Waals surface area contributed by atoms with E-state index >= 15 is 0 Å². The molecule has 0 aromatic heterocycles. The molecule has 2 aliphatic heterocycles. The lowest BCUT2D eigenvalue weighted by Gasteiger charge is -2.38. The van der Waals surface area contributed by atoms with Crippen LogP contribution in [0.5, 0.6) is 17.2 Å². The average Bonchev–Trinajstić information content (AvgIpc) is 3.28. The van der Waals surface area contributed by atoms with Crippen molar-refractivity contribution in [3.8, 4) is 17.2 Å². The highest BCUT2D eigenvalue weighted by molar-refractivity contribution is 5.79. The molecule has 0 atom stereocenters. The van der Waals surface area contributed by atoms with Gasteiger partial charge in [-0.05, 0) is 48.2 Å². The molecule has 2 heterocycles. The van der Waals surface area contributed by atoms with Crippen molar-refractivity contribution in [2.24, 2.45) is 4.99 Å². The number of ether oxygens (including phenoxy) is 4. The number of guanidine groups is 1. The topological polar surface area (TPSA) is 73.3 Å². The lowest BCUT2D eigenvalue weighted by molar-refractivity contribution is 0.0513. The van der Waals surface area contributed by atoms with Crippen molar-refractivity contribution < 1.29 is 18.9 Å². The number of nitrogens with zero attached hydrogens (tertiary/aromatic N) is 1. The summed E-state index contributed by atoms with van der Waals surface area (Å²) in [4.78, 5) is 4.40. The van der Waals surface area contributed by atoms with Crippen molar-refractivity contribution in [1.82, 2.24) is 10.6 Å². The highest BCUT2D eigenvalue weighted by Gasteiger charge is 2.35. The first-order valence-electron chi connectivity index (χ1n) is 10.3. The van der Waals surface area contributed by atoms with Crippen LogP contribution in [-0.4, -0.2) is 46.7 Å². The second-order valence-corrected chi connectivity index (χ2v) is 7.59. The Morgan fingerprint density at radius 1 is 1.03 bits per heavy atom. The lowest BCUT2D eigenvalue weighted by Crippen LogP contribution is -2.47. The summed E-state index contributed by atoms with van der Waals surface area (Å²) in [5.41, 5.74) is 2.36. The Morgan fingerprint density at radius 3 is 2.53 bits per heavy atom. The number of fused-ring (bicyclic) bond motifs is 1. The van der Waals surface area contributed by atoms with Crippen LogP contribution in [0.25, 0.3) is 0 Å². The van der Waals surface area contributed by atoms with Crippen LogP contribution in [-0.2, 0) is 16.7 Å². The predicted octanol–water partition coefficient (Wildman–Crippen LogP) is 2.84. The molecule has 0 bridgehead atoms. The highest BCUT2D eigenvalue weighted by atomic mass is 16.7. The first-order valence-corrected chi connectivity index (χ1v) is 10.3. The number of rotatable bonds is 6. The van der Waals surface area contributed by atoms with E-state index in [0.717, 1.165) is 61.4 Å². The molecule has 4 rings (SSSR count). The molecule has 2 aromatic rings. The van der Waals surface area contributed by atoms with E-state index in [2.05, 4.69) is 27.8 Å². The zero-order valence-electron chi connectivity index (χ0n) is 17.6. The second-order valence-electron chi connectivity index (χ2n) is 7.59. The van der Waals surface area contributed by atoms with Gasteiger partial charge in [0.15, 0.2) is 17.5 Å². The first-order chi connectivity index (χ1) is 14.7. The molecule has 160 valence electrons. The monoisotopic (exact) mass is 411 g/mol. The molecule has 2 N–H and O–H groups in total. The predicted molar refractivity (Wildman–Crippen MR) is 115 cm³/mol. The molecule has 7 nitrogen and oxygen atoms in total. The van der Waals surface area contributed by atoms with Gasteiger partial charge in [0.2, 0.25) is 6.79 Å². The minimum Gasteiger partial charge on any atom is -0.497 e. The van der Waals surface area contributed by atoms with Crippen molar-refractivity contribution in [3.05, 3.63) is 53.6 Å². The van der Waals surface area contributed by atoms with E-state index < -0.39 is 0 Å². The van der Waals surface area contributed by atoms with Crippen LogP contribution in [0.15, 0.2) is 47.5 Å². The average molecular weight is 412 g/mol. The van der Waals surface area contributed by atoms with Crippen LogP contribution in [0.2, 0.25) is 0 Å². The third-order valence-electron chi connectivity index (χ3n) is 5.87. The number of methoxy groups -OCH3 is 1. The minimum absolute atomic E-state index is 0.0447. The van der Waals surface area contributed by atoms with Gasteiger partial charge < -0.3 is 29.6 Å². The van der Waals surface area contributed by atoms with E-state index in [1.165, 1.54) is 5.56 Å². The van der Waals surface area contributed by atoms with Gasteiger partial charge in [-0.15, -0.1) is 0 Å². The summed E-state index contributed by atoms with van der Waals surface area (Å²) < 4.78 is 22.0. The van der Waals surface area contributed by atoms with Crippen LogP contribution in [0.3, 0.4) is 0 Å². The Bertz CT molecular complexity index is 877. The first kappa shape index (κ1) is 20.3. The summed E-state index contributed by atoms with van der Waals surface area (Å²) in [7, 11) is 3.46. The van der Waals surface area contributed by atoms with Crippen LogP contribution >= 0.6 is 0 Å². The number of hydrogen-bond acceptors (Lipinski definition) is 5. The van der Waals surface area contributed by atoms with Crippen LogP contribution in [0, 0.1) is 0 Å². The largest absolute Gasteiger partial charge is 0.497 e. The van der Waals surface area contributed by atoms with Crippen molar-refractivity contribution >= 4 is 5.96 Å². The van der Waals surface area contributed by atoms with E-state index in [1.807, 2.05) is 30.3 Å². The fourth-order valence-corrected chi connectivity index (χ4v) is 3.96. The summed E-state index contributed by atoms with van der Waals surface area (Å²) in [6.07, 6.45) is 1.88. The summed E-state index contributed by atoms with van der Waals surface area (Å²) in [5, 5.41) is 6.92. The molecule has 0 spiro atoms. The molecule has 30 heavy (non-hydrogen) atoms. The van der Waals surface area contributed by atoms with Gasteiger partial charge in [0, 0.05) is 38.8 Å². The number of nitrogens with one attached hydrogen (secondary N) is 2. The molecular weight excluding hydrogens is 382 g/mol. The summed E-state index contributed by atoms with van der Waals surface area (Å²) in [6, 6.07) is 14.3. The molecule has 0 radical (unpaired) electrons. The SMILES string of the molecule is CN=C(NCc1ccc(OC)cc1)NCC1(c2ccc3c(c2)OCO3)CCOCC1. The highest BCUT2D eigenvalue weighted by Crippen LogP contribution is 2.40. The van der Waals surface area contributed by atoms with Gasteiger partial charge in [-0.2, -0.15) is 0 Å². The van der Waals surface area contributed by atoms with Crippen LogP contribution in [0.1, 0.15) is 24.0 Å². The quantitative estimate of drug-likeness (QED) is 0.563. The Morgan fingerprint density at radius 2 is 1.80 bits per heavy atom. The number of hydrogen-bond donors (Lipinski definition) is 2. The molecule has 1 fully saturated rings. The minimum atomic E-state index is -0.0447. The summed E-state index contributed by atoms with van der Waals surface area (Å²) in [6.45, 7) is 3.22.